The van der Waals surface area contributed by atoms with Crippen LogP contribution in [-0.2, 0) is 12.8 Å². The second-order valence-corrected chi connectivity index (χ2v) is 8.33. The van der Waals surface area contributed by atoms with Crippen LogP contribution in [0.5, 0.6) is 0 Å². The summed E-state index contributed by atoms with van der Waals surface area (Å²) in [6.45, 7) is 6.78. The van der Waals surface area contributed by atoms with Crippen LogP contribution in [0.4, 0.5) is 0 Å². The maximum absolute atomic E-state index is 4.93. The highest BCUT2D eigenvalue weighted by molar-refractivity contribution is 9.10. The summed E-state index contributed by atoms with van der Waals surface area (Å²) in [5.41, 5.74) is 8.71. The maximum Gasteiger partial charge on any atom is 0.0514 e. The van der Waals surface area contributed by atoms with E-state index in [1.807, 2.05) is 6.20 Å². The number of rotatable bonds is 1. The van der Waals surface area contributed by atoms with Gasteiger partial charge in [-0.3, -0.25) is 4.98 Å². The zero-order valence-corrected chi connectivity index (χ0v) is 16.1. The van der Waals surface area contributed by atoms with E-state index in [0.29, 0.717) is 11.8 Å². The van der Waals surface area contributed by atoms with Gasteiger partial charge in [-0.05, 0) is 103 Å². The third kappa shape index (κ3) is 2.93. The number of pyridine rings is 1. The normalized spacial score (nSPS) is 21.0. The average Bonchev–Trinajstić information content (AvgIpc) is 2.72. The lowest BCUT2D eigenvalue weighted by molar-refractivity contribution is 0.338. The number of aromatic nitrogens is 1. The Kier molecular flexibility index (Phi) is 4.48. The molecule has 4 rings (SSSR count). The van der Waals surface area contributed by atoms with Crippen molar-refractivity contribution in [2.24, 2.45) is 5.92 Å². The standard InChI is InChI=1S/C21H25BrN2/c1-13-9-14(2)19-16(10-13)3-4-17-11-18(22)12-24-21(17)20(19)15-5-7-23-8-6-15/h9-12,15,20,23H,3-8H2,1-2H3. The molecule has 2 aromatic rings. The fourth-order valence-electron chi connectivity index (χ4n) is 4.73. The fraction of sp³-hybridized carbons (Fsp3) is 0.476. The van der Waals surface area contributed by atoms with Crippen molar-refractivity contribution in [3.63, 3.8) is 0 Å². The molecule has 24 heavy (non-hydrogen) atoms. The van der Waals surface area contributed by atoms with E-state index in [9.17, 15) is 0 Å². The molecule has 1 N–H and O–H groups in total. The van der Waals surface area contributed by atoms with Crippen LogP contribution in [0.2, 0.25) is 0 Å². The van der Waals surface area contributed by atoms with Gasteiger partial charge in [-0.1, -0.05) is 17.7 Å². The van der Waals surface area contributed by atoms with Crippen molar-refractivity contribution in [3.05, 3.63) is 62.4 Å². The van der Waals surface area contributed by atoms with Gasteiger partial charge in [0.2, 0.25) is 0 Å². The van der Waals surface area contributed by atoms with E-state index in [4.69, 9.17) is 4.98 Å². The smallest absolute Gasteiger partial charge is 0.0514 e. The van der Waals surface area contributed by atoms with Gasteiger partial charge < -0.3 is 5.32 Å². The van der Waals surface area contributed by atoms with Gasteiger partial charge in [0.25, 0.3) is 0 Å². The highest BCUT2D eigenvalue weighted by Gasteiger charge is 2.33. The molecule has 2 heterocycles. The zero-order valence-electron chi connectivity index (χ0n) is 14.5. The molecule has 0 bridgehead atoms. The number of nitrogens with one attached hydrogen (secondary N) is 1. The Bertz CT molecular complexity index is 763. The Morgan fingerprint density at radius 2 is 1.79 bits per heavy atom. The summed E-state index contributed by atoms with van der Waals surface area (Å²) in [6.07, 6.45) is 6.70. The molecule has 0 amide bonds. The number of nitrogens with zero attached hydrogens (tertiary/aromatic N) is 1. The summed E-state index contributed by atoms with van der Waals surface area (Å²) in [4.78, 5) is 4.93. The first-order valence-electron chi connectivity index (χ1n) is 9.08. The number of hydrogen-bond donors (Lipinski definition) is 1. The second-order valence-electron chi connectivity index (χ2n) is 7.42. The van der Waals surface area contributed by atoms with Gasteiger partial charge >= 0.3 is 0 Å². The number of fused-ring (bicyclic) bond motifs is 2. The summed E-state index contributed by atoms with van der Waals surface area (Å²) >= 11 is 3.62. The van der Waals surface area contributed by atoms with Crippen LogP contribution in [0.25, 0.3) is 0 Å². The van der Waals surface area contributed by atoms with Crippen molar-refractivity contribution in [2.75, 3.05) is 13.1 Å². The van der Waals surface area contributed by atoms with Crippen LogP contribution in [0, 0.1) is 19.8 Å². The zero-order chi connectivity index (χ0) is 16.7. The van der Waals surface area contributed by atoms with Crippen molar-refractivity contribution in [1.82, 2.24) is 10.3 Å². The first-order chi connectivity index (χ1) is 11.6. The SMILES string of the molecule is Cc1cc(C)c2c(c1)CCc1cc(Br)cnc1C2C1CCNCC1. The summed E-state index contributed by atoms with van der Waals surface area (Å²) < 4.78 is 1.10. The molecule has 1 aromatic heterocycles. The predicted octanol–water partition coefficient (Wildman–Crippen LogP) is 4.69. The Hall–Kier alpha value is -1.19. The van der Waals surface area contributed by atoms with Gasteiger partial charge in [-0.15, -0.1) is 0 Å². The van der Waals surface area contributed by atoms with Crippen molar-refractivity contribution >= 4 is 15.9 Å². The quantitative estimate of drug-likeness (QED) is 0.770. The molecule has 1 saturated heterocycles. The molecule has 0 saturated carbocycles. The van der Waals surface area contributed by atoms with Gasteiger partial charge in [0.05, 0.1) is 5.69 Å². The summed E-state index contributed by atoms with van der Waals surface area (Å²) in [7, 11) is 0. The van der Waals surface area contributed by atoms with Gasteiger partial charge in [0.15, 0.2) is 0 Å². The molecular weight excluding hydrogens is 360 g/mol. The fourth-order valence-corrected chi connectivity index (χ4v) is 5.11. The molecule has 0 spiro atoms. The van der Waals surface area contributed by atoms with Crippen LogP contribution < -0.4 is 5.32 Å². The Morgan fingerprint density at radius 1 is 1.04 bits per heavy atom. The minimum Gasteiger partial charge on any atom is -0.317 e. The van der Waals surface area contributed by atoms with Crippen LogP contribution in [0.15, 0.2) is 28.9 Å². The maximum atomic E-state index is 4.93. The molecule has 1 aliphatic carbocycles. The summed E-state index contributed by atoms with van der Waals surface area (Å²) in [6, 6.07) is 7.07. The predicted molar refractivity (Wildman–Crippen MR) is 103 cm³/mol. The molecule has 1 unspecified atom stereocenters. The van der Waals surface area contributed by atoms with Gasteiger partial charge in [0, 0.05) is 16.6 Å². The highest BCUT2D eigenvalue weighted by atomic mass is 79.9. The highest BCUT2D eigenvalue weighted by Crippen LogP contribution is 2.43. The largest absolute Gasteiger partial charge is 0.317 e. The minimum absolute atomic E-state index is 0.452. The van der Waals surface area contributed by atoms with Gasteiger partial charge in [-0.25, -0.2) is 0 Å². The molecule has 2 nitrogen and oxygen atoms in total. The summed E-state index contributed by atoms with van der Waals surface area (Å²) in [5, 5.41) is 3.52. The van der Waals surface area contributed by atoms with Gasteiger partial charge in [0.1, 0.15) is 0 Å². The molecule has 1 aliphatic heterocycles. The van der Waals surface area contributed by atoms with E-state index >= 15 is 0 Å². The van der Waals surface area contributed by atoms with Crippen LogP contribution in [-0.4, -0.2) is 18.1 Å². The lowest BCUT2D eigenvalue weighted by atomic mass is 9.75. The van der Waals surface area contributed by atoms with E-state index < -0.39 is 0 Å². The molecule has 2 aliphatic rings. The average molecular weight is 385 g/mol. The van der Waals surface area contributed by atoms with Crippen LogP contribution >= 0.6 is 15.9 Å². The van der Waals surface area contributed by atoms with Crippen molar-refractivity contribution in [1.29, 1.82) is 0 Å². The number of piperidine rings is 1. The third-order valence-corrected chi connectivity index (χ3v) is 6.14. The van der Waals surface area contributed by atoms with Crippen molar-refractivity contribution < 1.29 is 0 Å². The molecule has 1 atom stereocenters. The van der Waals surface area contributed by atoms with Crippen LogP contribution in [0.1, 0.15) is 52.3 Å². The van der Waals surface area contributed by atoms with Crippen LogP contribution in [0.3, 0.4) is 0 Å². The van der Waals surface area contributed by atoms with Crippen molar-refractivity contribution in [3.8, 4) is 0 Å². The Balaban J connectivity index is 1.91. The van der Waals surface area contributed by atoms with Gasteiger partial charge in [-0.2, -0.15) is 0 Å². The third-order valence-electron chi connectivity index (χ3n) is 5.71. The van der Waals surface area contributed by atoms with Crippen molar-refractivity contribution in [2.45, 2.75) is 45.4 Å². The molecule has 126 valence electrons. The molecule has 0 radical (unpaired) electrons. The number of halogens is 1. The Morgan fingerprint density at radius 3 is 2.58 bits per heavy atom. The molecule has 1 aromatic carbocycles. The van der Waals surface area contributed by atoms with E-state index in [0.717, 1.165) is 30.4 Å². The first-order valence-corrected chi connectivity index (χ1v) is 9.88. The van der Waals surface area contributed by atoms with E-state index in [-0.39, 0.29) is 0 Å². The second kappa shape index (κ2) is 6.61. The van der Waals surface area contributed by atoms with E-state index in [2.05, 4.69) is 53.3 Å². The molecular formula is C21H25BrN2. The molecule has 3 heteroatoms. The first kappa shape index (κ1) is 16.3. The van der Waals surface area contributed by atoms with E-state index in [1.165, 1.54) is 35.2 Å². The lowest BCUT2D eigenvalue weighted by Crippen LogP contribution is -2.32. The Labute approximate surface area is 153 Å². The monoisotopic (exact) mass is 384 g/mol. The lowest BCUT2D eigenvalue weighted by Gasteiger charge is -2.33. The number of aryl methyl sites for hydroxylation is 4. The molecule has 1 fully saturated rings. The topological polar surface area (TPSA) is 24.9 Å². The number of benzene rings is 1. The number of hydrogen-bond acceptors (Lipinski definition) is 2. The summed E-state index contributed by atoms with van der Waals surface area (Å²) in [5.74, 6) is 1.14. The minimum atomic E-state index is 0.452. The van der Waals surface area contributed by atoms with E-state index in [1.54, 1.807) is 11.1 Å².